The number of hydrogen-bond acceptors (Lipinski definition) is 0. The highest BCUT2D eigenvalue weighted by molar-refractivity contribution is 9.09. The number of alkyl halides is 1. The molecule has 0 aromatic heterocycles. The minimum atomic E-state index is 0.968. The second-order valence-corrected chi connectivity index (χ2v) is 8.44. The standard InChI is InChI=1S/C25H41Br/c1-21(2)11-7-12-22(3)13-8-14-23(4)15-9-16-24(5)17-10-18-25(6)19-20-26/h11,13,15,17,19H,7-10,12,14,16,18,20H2,1-6H3/b22-13?,23-15?,24-17?,25-19+. The summed E-state index contributed by atoms with van der Waals surface area (Å²) in [6, 6.07) is 0. The number of rotatable bonds is 13. The zero-order valence-corrected chi connectivity index (χ0v) is 19.7. The van der Waals surface area contributed by atoms with Gasteiger partial charge in [0, 0.05) is 5.33 Å². The summed E-state index contributed by atoms with van der Waals surface area (Å²) in [6.45, 7) is 13.4. The molecule has 0 spiro atoms. The van der Waals surface area contributed by atoms with Crippen molar-refractivity contribution in [3.8, 4) is 0 Å². The van der Waals surface area contributed by atoms with Gasteiger partial charge >= 0.3 is 0 Å². The first kappa shape index (κ1) is 25.2. The first-order valence-electron chi connectivity index (χ1n) is 10.2. The van der Waals surface area contributed by atoms with Gasteiger partial charge in [-0.05, 0) is 92.9 Å². The molecule has 0 aliphatic carbocycles. The van der Waals surface area contributed by atoms with Gasteiger partial charge in [-0.3, -0.25) is 0 Å². The van der Waals surface area contributed by atoms with E-state index in [-0.39, 0.29) is 0 Å². The quantitative estimate of drug-likeness (QED) is 0.205. The molecule has 0 aromatic carbocycles. The average molecular weight is 422 g/mol. The van der Waals surface area contributed by atoms with E-state index in [1.807, 2.05) is 0 Å². The van der Waals surface area contributed by atoms with Crippen LogP contribution in [0, 0.1) is 0 Å². The Bertz CT molecular complexity index is 522. The summed E-state index contributed by atoms with van der Waals surface area (Å²) in [7, 11) is 0. The summed E-state index contributed by atoms with van der Waals surface area (Å²) in [6.07, 6.45) is 21.3. The van der Waals surface area contributed by atoms with Crippen molar-refractivity contribution < 1.29 is 0 Å². The maximum absolute atomic E-state index is 3.46. The summed E-state index contributed by atoms with van der Waals surface area (Å²) >= 11 is 3.46. The Morgan fingerprint density at radius 2 is 0.808 bits per heavy atom. The van der Waals surface area contributed by atoms with Crippen molar-refractivity contribution in [2.75, 3.05) is 5.33 Å². The molecule has 0 saturated carbocycles. The Hall–Kier alpha value is -0.820. The molecule has 26 heavy (non-hydrogen) atoms. The highest BCUT2D eigenvalue weighted by atomic mass is 79.9. The van der Waals surface area contributed by atoms with Gasteiger partial charge in [0.15, 0.2) is 0 Å². The Balaban J connectivity index is 4.03. The molecule has 0 aromatic rings. The third kappa shape index (κ3) is 16.6. The molecule has 0 amide bonds. The van der Waals surface area contributed by atoms with Crippen molar-refractivity contribution in [1.29, 1.82) is 0 Å². The topological polar surface area (TPSA) is 0 Å². The van der Waals surface area contributed by atoms with Crippen LogP contribution in [0.15, 0.2) is 58.2 Å². The molecule has 0 aliphatic heterocycles. The predicted octanol–water partition coefficient (Wildman–Crippen LogP) is 9.25. The molecule has 0 aliphatic rings. The molecule has 148 valence electrons. The SMILES string of the molecule is CC(C)=CCCC(C)=CCCC(C)=CCCC(C)=CCC/C(C)=C/CBr. The van der Waals surface area contributed by atoms with Gasteiger partial charge < -0.3 is 0 Å². The van der Waals surface area contributed by atoms with E-state index in [1.165, 1.54) is 79.2 Å². The summed E-state index contributed by atoms with van der Waals surface area (Å²) in [5.41, 5.74) is 7.48. The first-order chi connectivity index (χ1) is 12.3. The van der Waals surface area contributed by atoms with E-state index in [1.54, 1.807) is 0 Å². The van der Waals surface area contributed by atoms with Gasteiger partial charge in [-0.1, -0.05) is 74.2 Å². The van der Waals surface area contributed by atoms with Crippen LogP contribution in [-0.4, -0.2) is 5.33 Å². The molecule has 0 radical (unpaired) electrons. The maximum atomic E-state index is 3.46. The molecular weight excluding hydrogens is 380 g/mol. The fraction of sp³-hybridized carbons (Fsp3) is 0.600. The molecule has 0 heterocycles. The van der Waals surface area contributed by atoms with Crippen molar-refractivity contribution in [1.82, 2.24) is 0 Å². The van der Waals surface area contributed by atoms with Gasteiger partial charge in [-0.15, -0.1) is 0 Å². The summed E-state index contributed by atoms with van der Waals surface area (Å²) in [4.78, 5) is 0. The van der Waals surface area contributed by atoms with E-state index in [4.69, 9.17) is 0 Å². The second kappa shape index (κ2) is 16.4. The van der Waals surface area contributed by atoms with E-state index in [0.717, 1.165) is 5.33 Å². The molecule has 0 nitrogen and oxygen atoms in total. The average Bonchev–Trinajstić information content (AvgIpc) is 2.54. The van der Waals surface area contributed by atoms with E-state index in [9.17, 15) is 0 Å². The monoisotopic (exact) mass is 420 g/mol. The predicted molar refractivity (Wildman–Crippen MR) is 125 cm³/mol. The van der Waals surface area contributed by atoms with Crippen LogP contribution in [0.5, 0.6) is 0 Å². The molecule has 0 saturated heterocycles. The van der Waals surface area contributed by atoms with Gasteiger partial charge in [-0.25, -0.2) is 0 Å². The van der Waals surface area contributed by atoms with Crippen LogP contribution in [0.25, 0.3) is 0 Å². The van der Waals surface area contributed by atoms with Crippen LogP contribution < -0.4 is 0 Å². The Labute approximate surface area is 172 Å². The summed E-state index contributed by atoms with van der Waals surface area (Å²) < 4.78 is 0. The van der Waals surface area contributed by atoms with Gasteiger partial charge in [0.2, 0.25) is 0 Å². The highest BCUT2D eigenvalue weighted by Gasteiger charge is 1.94. The lowest BCUT2D eigenvalue weighted by Crippen LogP contribution is -1.83. The molecule has 0 fully saturated rings. The van der Waals surface area contributed by atoms with Crippen molar-refractivity contribution in [3.63, 3.8) is 0 Å². The smallest absolute Gasteiger partial charge is 0.0214 e. The number of hydrogen-bond donors (Lipinski definition) is 0. The fourth-order valence-corrected chi connectivity index (χ4v) is 3.32. The molecule has 0 bridgehead atoms. The minimum absolute atomic E-state index is 0.968. The van der Waals surface area contributed by atoms with Crippen molar-refractivity contribution in [2.45, 2.75) is 92.9 Å². The first-order valence-corrected chi connectivity index (χ1v) is 11.3. The molecule has 1 heteroatoms. The normalized spacial score (nSPS) is 14.0. The highest BCUT2D eigenvalue weighted by Crippen LogP contribution is 2.14. The Morgan fingerprint density at radius 3 is 1.12 bits per heavy atom. The zero-order valence-electron chi connectivity index (χ0n) is 18.1. The summed E-state index contributed by atoms with van der Waals surface area (Å²) in [5.74, 6) is 0. The molecule has 0 rings (SSSR count). The molecule has 0 N–H and O–H groups in total. The van der Waals surface area contributed by atoms with E-state index >= 15 is 0 Å². The van der Waals surface area contributed by atoms with Crippen LogP contribution in [0.1, 0.15) is 92.9 Å². The van der Waals surface area contributed by atoms with Crippen LogP contribution in [0.2, 0.25) is 0 Å². The lowest BCUT2D eigenvalue weighted by molar-refractivity contribution is 0.891. The summed E-state index contributed by atoms with van der Waals surface area (Å²) in [5, 5.41) is 0.968. The third-order valence-electron chi connectivity index (χ3n) is 4.61. The number of allylic oxidation sites excluding steroid dienone is 10. The van der Waals surface area contributed by atoms with Crippen LogP contribution in [0.4, 0.5) is 0 Å². The Kier molecular flexibility index (Phi) is 15.8. The van der Waals surface area contributed by atoms with Crippen LogP contribution in [-0.2, 0) is 0 Å². The minimum Gasteiger partial charge on any atom is -0.0883 e. The van der Waals surface area contributed by atoms with Gasteiger partial charge in [0.1, 0.15) is 0 Å². The third-order valence-corrected chi connectivity index (χ3v) is 4.94. The van der Waals surface area contributed by atoms with E-state index in [0.29, 0.717) is 0 Å². The van der Waals surface area contributed by atoms with Crippen LogP contribution >= 0.6 is 15.9 Å². The lowest BCUT2D eigenvalue weighted by atomic mass is 10.0. The van der Waals surface area contributed by atoms with E-state index in [2.05, 4.69) is 87.9 Å². The van der Waals surface area contributed by atoms with Crippen molar-refractivity contribution >= 4 is 15.9 Å². The van der Waals surface area contributed by atoms with Gasteiger partial charge in [0.25, 0.3) is 0 Å². The molecular formula is C25H41Br. The van der Waals surface area contributed by atoms with Crippen molar-refractivity contribution in [3.05, 3.63) is 58.2 Å². The van der Waals surface area contributed by atoms with Crippen LogP contribution in [0.3, 0.4) is 0 Å². The molecule has 0 unspecified atom stereocenters. The molecule has 0 atom stereocenters. The fourth-order valence-electron chi connectivity index (χ4n) is 2.77. The van der Waals surface area contributed by atoms with Crippen molar-refractivity contribution in [2.24, 2.45) is 0 Å². The maximum Gasteiger partial charge on any atom is 0.0214 e. The number of halogens is 1. The van der Waals surface area contributed by atoms with Gasteiger partial charge in [-0.2, -0.15) is 0 Å². The zero-order chi connectivity index (χ0) is 19.8. The largest absolute Gasteiger partial charge is 0.0883 e. The lowest BCUT2D eigenvalue weighted by Gasteiger charge is -2.03. The Morgan fingerprint density at radius 1 is 0.500 bits per heavy atom. The van der Waals surface area contributed by atoms with Gasteiger partial charge in [0.05, 0.1) is 0 Å². The van der Waals surface area contributed by atoms with E-state index < -0.39 is 0 Å². The second-order valence-electron chi connectivity index (χ2n) is 7.79.